The second kappa shape index (κ2) is 4.27. The van der Waals surface area contributed by atoms with Crippen molar-refractivity contribution in [1.82, 2.24) is 10.5 Å². The number of hydrogen-bond acceptors (Lipinski definition) is 4. The Hall–Kier alpha value is -2.14. The molecule has 0 saturated heterocycles. The summed E-state index contributed by atoms with van der Waals surface area (Å²) in [5, 5.41) is 9.69. The lowest BCUT2D eigenvalue weighted by Gasteiger charge is -2.03. The largest absolute Gasteiger partial charge is 0.360 e. The molecule has 2 aromatic rings. The summed E-state index contributed by atoms with van der Waals surface area (Å²) in [7, 11) is 0. The van der Waals surface area contributed by atoms with Gasteiger partial charge in [-0.2, -0.15) is 0 Å². The van der Waals surface area contributed by atoms with Gasteiger partial charge in [0.25, 0.3) is 5.91 Å². The fourth-order valence-electron chi connectivity index (χ4n) is 2.05. The molecule has 0 spiro atoms. The van der Waals surface area contributed by atoms with E-state index in [1.807, 2.05) is 18.2 Å². The summed E-state index contributed by atoms with van der Waals surface area (Å²) < 4.78 is 4.90. The van der Waals surface area contributed by atoms with E-state index in [4.69, 9.17) is 4.52 Å². The monoisotopic (exact) mass is 243 g/mol. The van der Waals surface area contributed by atoms with Crippen molar-refractivity contribution in [2.45, 2.75) is 20.0 Å². The van der Waals surface area contributed by atoms with Crippen LogP contribution in [0.5, 0.6) is 0 Å². The highest BCUT2D eigenvalue weighted by Crippen LogP contribution is 2.18. The number of rotatable bonds is 2. The van der Waals surface area contributed by atoms with Crippen LogP contribution in [0.2, 0.25) is 0 Å². The molecule has 1 aliphatic rings. The number of amides is 1. The molecule has 0 unspecified atom stereocenters. The fraction of sp³-hybridized carbons (Fsp3) is 0.231. The second-order valence-electron chi connectivity index (χ2n) is 4.36. The highest BCUT2D eigenvalue weighted by Gasteiger charge is 2.14. The molecule has 0 atom stereocenters. The number of carbonyl (C=O) groups is 1. The number of benzene rings is 1. The van der Waals surface area contributed by atoms with Crippen molar-refractivity contribution in [3.8, 4) is 0 Å². The van der Waals surface area contributed by atoms with Gasteiger partial charge in [0.2, 0.25) is 0 Å². The average Bonchev–Trinajstić information content (AvgIpc) is 2.96. The summed E-state index contributed by atoms with van der Waals surface area (Å²) in [6.45, 7) is 3.48. The predicted octanol–water partition coefficient (Wildman–Crippen LogP) is 1.84. The number of hydrogen-bond donors (Lipinski definition) is 2. The first-order chi connectivity index (χ1) is 8.72. The van der Waals surface area contributed by atoms with Crippen molar-refractivity contribution in [3.05, 3.63) is 46.7 Å². The molecule has 1 amide bonds. The zero-order chi connectivity index (χ0) is 12.5. The predicted molar refractivity (Wildman–Crippen MR) is 66.2 cm³/mol. The van der Waals surface area contributed by atoms with Gasteiger partial charge in [-0.1, -0.05) is 11.2 Å². The smallest absolute Gasteiger partial charge is 0.256 e. The van der Waals surface area contributed by atoms with Crippen LogP contribution in [-0.2, 0) is 13.1 Å². The van der Waals surface area contributed by atoms with Gasteiger partial charge in [0.15, 0.2) is 5.82 Å². The molecule has 3 rings (SSSR count). The van der Waals surface area contributed by atoms with Crippen molar-refractivity contribution < 1.29 is 9.32 Å². The van der Waals surface area contributed by atoms with Crippen molar-refractivity contribution in [3.63, 3.8) is 0 Å². The van der Waals surface area contributed by atoms with E-state index in [2.05, 4.69) is 15.8 Å². The molecule has 18 heavy (non-hydrogen) atoms. The molecule has 5 nitrogen and oxygen atoms in total. The SMILES string of the molecule is Cc1cc(NC(=O)c2ccc3c(c2)CNC3)no1. The van der Waals surface area contributed by atoms with Crippen LogP contribution < -0.4 is 10.6 Å². The maximum atomic E-state index is 12.0. The summed E-state index contributed by atoms with van der Waals surface area (Å²) in [6.07, 6.45) is 0. The molecule has 0 bridgehead atoms. The van der Waals surface area contributed by atoms with E-state index >= 15 is 0 Å². The Labute approximate surface area is 104 Å². The molecule has 0 radical (unpaired) electrons. The molecule has 2 heterocycles. The number of aromatic nitrogens is 1. The summed E-state index contributed by atoms with van der Waals surface area (Å²) in [6, 6.07) is 7.41. The Balaban J connectivity index is 1.80. The number of aryl methyl sites for hydroxylation is 1. The van der Waals surface area contributed by atoms with Crippen LogP contribution in [0.4, 0.5) is 5.82 Å². The van der Waals surface area contributed by atoms with Gasteiger partial charge in [-0.05, 0) is 30.2 Å². The Morgan fingerprint density at radius 2 is 2.17 bits per heavy atom. The first kappa shape index (κ1) is 11.0. The van der Waals surface area contributed by atoms with Crippen molar-refractivity contribution in [2.75, 3.05) is 5.32 Å². The van der Waals surface area contributed by atoms with Gasteiger partial charge in [-0.25, -0.2) is 0 Å². The topological polar surface area (TPSA) is 67.2 Å². The molecule has 1 aromatic carbocycles. The van der Waals surface area contributed by atoms with Gasteiger partial charge in [0, 0.05) is 24.7 Å². The summed E-state index contributed by atoms with van der Waals surface area (Å²) in [4.78, 5) is 12.0. The Bertz CT molecular complexity index is 604. The molecule has 5 heteroatoms. The third-order valence-corrected chi connectivity index (χ3v) is 2.97. The van der Waals surface area contributed by atoms with Crippen LogP contribution >= 0.6 is 0 Å². The first-order valence-corrected chi connectivity index (χ1v) is 5.79. The van der Waals surface area contributed by atoms with E-state index in [1.54, 1.807) is 13.0 Å². The van der Waals surface area contributed by atoms with Crippen molar-refractivity contribution in [2.24, 2.45) is 0 Å². The van der Waals surface area contributed by atoms with Gasteiger partial charge in [0.05, 0.1) is 0 Å². The zero-order valence-electron chi connectivity index (χ0n) is 9.99. The highest BCUT2D eigenvalue weighted by atomic mass is 16.5. The molecule has 0 saturated carbocycles. The zero-order valence-corrected chi connectivity index (χ0v) is 9.99. The summed E-state index contributed by atoms with van der Waals surface area (Å²) in [5.41, 5.74) is 3.07. The third kappa shape index (κ3) is 2.00. The van der Waals surface area contributed by atoms with E-state index in [1.165, 1.54) is 11.1 Å². The average molecular weight is 243 g/mol. The molecule has 92 valence electrons. The number of carbonyl (C=O) groups excluding carboxylic acids is 1. The lowest BCUT2D eigenvalue weighted by molar-refractivity contribution is 0.102. The van der Waals surface area contributed by atoms with Crippen LogP contribution in [0, 0.1) is 6.92 Å². The lowest BCUT2D eigenvalue weighted by atomic mass is 10.1. The van der Waals surface area contributed by atoms with E-state index in [9.17, 15) is 4.79 Å². The molecule has 0 aliphatic carbocycles. The quantitative estimate of drug-likeness (QED) is 0.844. The number of nitrogens with one attached hydrogen (secondary N) is 2. The Kier molecular flexibility index (Phi) is 2.60. The maximum absolute atomic E-state index is 12.0. The van der Waals surface area contributed by atoms with Gasteiger partial charge in [-0.3, -0.25) is 4.79 Å². The minimum Gasteiger partial charge on any atom is -0.360 e. The van der Waals surface area contributed by atoms with Crippen LogP contribution in [0.3, 0.4) is 0 Å². The molecule has 1 aliphatic heterocycles. The standard InChI is InChI=1S/C13H13N3O2/c1-8-4-12(16-18-8)15-13(17)9-2-3-10-6-14-7-11(10)5-9/h2-5,14H,6-7H2,1H3,(H,15,16,17). The van der Waals surface area contributed by atoms with E-state index < -0.39 is 0 Å². The summed E-state index contributed by atoms with van der Waals surface area (Å²) >= 11 is 0. The van der Waals surface area contributed by atoms with Crippen LogP contribution in [-0.4, -0.2) is 11.1 Å². The molecular formula is C13H13N3O2. The minimum atomic E-state index is -0.169. The molecule has 2 N–H and O–H groups in total. The fourth-order valence-corrected chi connectivity index (χ4v) is 2.05. The van der Waals surface area contributed by atoms with E-state index in [-0.39, 0.29) is 5.91 Å². The minimum absolute atomic E-state index is 0.169. The van der Waals surface area contributed by atoms with Gasteiger partial charge < -0.3 is 15.2 Å². The van der Waals surface area contributed by atoms with Crippen molar-refractivity contribution in [1.29, 1.82) is 0 Å². The summed E-state index contributed by atoms with van der Waals surface area (Å²) in [5.74, 6) is 0.942. The van der Waals surface area contributed by atoms with E-state index in [0.717, 1.165) is 13.1 Å². The highest BCUT2D eigenvalue weighted by molar-refractivity contribution is 6.03. The van der Waals surface area contributed by atoms with Crippen LogP contribution in [0.15, 0.2) is 28.8 Å². The van der Waals surface area contributed by atoms with Crippen LogP contribution in [0.25, 0.3) is 0 Å². The van der Waals surface area contributed by atoms with Gasteiger partial charge in [-0.15, -0.1) is 0 Å². The number of nitrogens with zero attached hydrogens (tertiary/aromatic N) is 1. The Morgan fingerprint density at radius 1 is 1.33 bits per heavy atom. The van der Waals surface area contributed by atoms with E-state index in [0.29, 0.717) is 17.1 Å². The molecule has 0 fully saturated rings. The number of fused-ring (bicyclic) bond motifs is 1. The molecular weight excluding hydrogens is 230 g/mol. The van der Waals surface area contributed by atoms with Gasteiger partial charge in [0.1, 0.15) is 5.76 Å². The Morgan fingerprint density at radius 3 is 2.94 bits per heavy atom. The maximum Gasteiger partial charge on any atom is 0.256 e. The van der Waals surface area contributed by atoms with Crippen molar-refractivity contribution >= 4 is 11.7 Å². The molecule has 1 aromatic heterocycles. The van der Waals surface area contributed by atoms with Crippen LogP contribution in [0.1, 0.15) is 27.2 Å². The lowest BCUT2D eigenvalue weighted by Crippen LogP contribution is -2.12. The third-order valence-electron chi connectivity index (χ3n) is 2.97. The first-order valence-electron chi connectivity index (χ1n) is 5.79. The van der Waals surface area contributed by atoms with Gasteiger partial charge >= 0.3 is 0 Å². The number of anilines is 1. The normalized spacial score (nSPS) is 13.4. The second-order valence-corrected chi connectivity index (χ2v) is 4.36.